The second-order valence-corrected chi connectivity index (χ2v) is 12.3. The third kappa shape index (κ3) is 5.47. The molecule has 3 aliphatic rings. The van der Waals surface area contributed by atoms with Crippen LogP contribution < -0.4 is 4.90 Å². The van der Waals surface area contributed by atoms with Crippen molar-refractivity contribution in [3.8, 4) is 0 Å². The van der Waals surface area contributed by atoms with Gasteiger partial charge in [0.15, 0.2) is 5.17 Å². The molecule has 3 aliphatic heterocycles. The van der Waals surface area contributed by atoms with Gasteiger partial charge in [-0.3, -0.25) is 9.69 Å². The van der Waals surface area contributed by atoms with E-state index in [1.165, 1.54) is 23.0 Å². The molecular weight excluding hydrogens is 502 g/mol. The molecule has 0 N–H and O–H groups in total. The molecule has 2 atom stereocenters. The quantitative estimate of drug-likeness (QED) is 0.355. The fourth-order valence-corrected chi connectivity index (χ4v) is 6.99. The topological polar surface area (TPSA) is 45.1 Å². The summed E-state index contributed by atoms with van der Waals surface area (Å²) in [6.45, 7) is 11.4. The van der Waals surface area contributed by atoms with E-state index in [2.05, 4.69) is 44.7 Å². The number of anilines is 1. The van der Waals surface area contributed by atoms with Crippen LogP contribution in [0.4, 0.5) is 11.4 Å². The number of carbonyl (C=O) groups excluding carboxylic acids is 1. The van der Waals surface area contributed by atoms with Crippen molar-refractivity contribution in [3.05, 3.63) is 63.5 Å². The van der Waals surface area contributed by atoms with Crippen molar-refractivity contribution in [2.24, 2.45) is 4.99 Å². The number of hydrogen-bond acceptors (Lipinski definition) is 5. The number of fused-ring (bicyclic) bond motifs is 1. The maximum atomic E-state index is 13.6. The first-order chi connectivity index (χ1) is 17.8. The molecule has 7 heteroatoms. The lowest BCUT2D eigenvalue weighted by Crippen LogP contribution is -2.48. The predicted octanol–water partition coefficient (Wildman–Crippen LogP) is 7.63. The Morgan fingerprint density at radius 2 is 2.03 bits per heavy atom. The summed E-state index contributed by atoms with van der Waals surface area (Å²) in [4.78, 5) is 23.4. The monoisotopic (exact) mass is 537 g/mol. The zero-order valence-electron chi connectivity index (χ0n) is 22.2. The van der Waals surface area contributed by atoms with Crippen LogP contribution in [0, 0.1) is 0 Å². The molecule has 0 radical (unpaired) electrons. The van der Waals surface area contributed by atoms with E-state index in [-0.39, 0.29) is 17.6 Å². The minimum atomic E-state index is -0.0363. The van der Waals surface area contributed by atoms with Gasteiger partial charge in [0, 0.05) is 29.4 Å². The maximum absolute atomic E-state index is 13.6. The largest absolute Gasteiger partial charge is 0.376 e. The summed E-state index contributed by atoms with van der Waals surface area (Å²) >= 11 is 8.30. The minimum Gasteiger partial charge on any atom is -0.376 e. The normalized spacial score (nSPS) is 25.4. The second-order valence-electron chi connectivity index (χ2n) is 10.9. The van der Waals surface area contributed by atoms with Crippen LogP contribution in [0.3, 0.4) is 0 Å². The molecule has 0 spiro atoms. The van der Waals surface area contributed by atoms with Crippen LogP contribution in [0.25, 0.3) is 6.08 Å². The van der Waals surface area contributed by atoms with Gasteiger partial charge < -0.3 is 9.64 Å². The van der Waals surface area contributed by atoms with Crippen LogP contribution in [-0.2, 0) is 9.53 Å². The number of halogens is 1. The van der Waals surface area contributed by atoms with Crippen molar-refractivity contribution in [1.82, 2.24) is 4.90 Å². The molecule has 2 saturated heterocycles. The third-order valence-corrected chi connectivity index (χ3v) is 8.85. The van der Waals surface area contributed by atoms with E-state index < -0.39 is 0 Å². The Kier molecular flexibility index (Phi) is 7.71. The molecular formula is C30H36ClN3O2S. The number of benzene rings is 2. The van der Waals surface area contributed by atoms with Gasteiger partial charge in [-0.15, -0.1) is 0 Å². The van der Waals surface area contributed by atoms with Crippen LogP contribution >= 0.6 is 23.4 Å². The van der Waals surface area contributed by atoms with Crippen molar-refractivity contribution >= 4 is 51.9 Å². The van der Waals surface area contributed by atoms with E-state index >= 15 is 0 Å². The lowest BCUT2D eigenvalue weighted by molar-refractivity contribution is -0.123. The summed E-state index contributed by atoms with van der Waals surface area (Å²) in [5.74, 6) is 0.372. The van der Waals surface area contributed by atoms with Crippen molar-refractivity contribution < 1.29 is 9.53 Å². The average molecular weight is 538 g/mol. The number of ether oxygens (including phenoxy) is 1. The SMILES string of the molecule is CCCN1c2cc(Cl)c(/C=C3/SC(=Nc4ccccc4)N(CC4CCCO4)C3=O)cc2C(C)CC1(C)C. The Morgan fingerprint density at radius 3 is 2.73 bits per heavy atom. The number of aliphatic imine (C=N–C) groups is 1. The molecule has 0 aliphatic carbocycles. The summed E-state index contributed by atoms with van der Waals surface area (Å²) < 4.78 is 5.85. The van der Waals surface area contributed by atoms with Crippen LogP contribution in [-0.4, -0.2) is 47.3 Å². The summed E-state index contributed by atoms with van der Waals surface area (Å²) in [5.41, 5.74) is 4.31. The highest BCUT2D eigenvalue weighted by Gasteiger charge is 2.38. The minimum absolute atomic E-state index is 0.0363. The van der Waals surface area contributed by atoms with Crippen molar-refractivity contribution in [1.29, 1.82) is 0 Å². The van der Waals surface area contributed by atoms with E-state index in [4.69, 9.17) is 21.3 Å². The molecule has 0 saturated carbocycles. The number of amidine groups is 1. The van der Waals surface area contributed by atoms with E-state index in [0.29, 0.717) is 27.6 Å². The lowest BCUT2D eigenvalue weighted by Gasteiger charge is -2.47. The first-order valence-electron chi connectivity index (χ1n) is 13.3. The number of rotatable bonds is 6. The fourth-order valence-electron chi connectivity index (χ4n) is 5.78. The van der Waals surface area contributed by atoms with Gasteiger partial charge in [0.05, 0.1) is 23.2 Å². The molecule has 37 heavy (non-hydrogen) atoms. The summed E-state index contributed by atoms with van der Waals surface area (Å²) in [6, 6.07) is 14.1. The molecule has 2 aromatic carbocycles. The van der Waals surface area contributed by atoms with E-state index in [9.17, 15) is 4.79 Å². The number of carbonyl (C=O) groups is 1. The van der Waals surface area contributed by atoms with Crippen molar-refractivity contribution in [2.75, 3.05) is 24.6 Å². The van der Waals surface area contributed by atoms with E-state index in [1.807, 2.05) is 36.4 Å². The van der Waals surface area contributed by atoms with Gasteiger partial charge in [-0.05, 0) is 98.7 Å². The van der Waals surface area contributed by atoms with Crippen LogP contribution in [0.5, 0.6) is 0 Å². The van der Waals surface area contributed by atoms with Gasteiger partial charge in [0.2, 0.25) is 0 Å². The Morgan fingerprint density at radius 1 is 1.24 bits per heavy atom. The van der Waals surface area contributed by atoms with E-state index in [0.717, 1.165) is 50.1 Å². The fraction of sp³-hybridized carbons (Fsp3) is 0.467. The summed E-state index contributed by atoms with van der Waals surface area (Å²) in [5, 5.41) is 1.36. The van der Waals surface area contributed by atoms with Gasteiger partial charge >= 0.3 is 0 Å². The molecule has 0 aromatic heterocycles. The first-order valence-corrected chi connectivity index (χ1v) is 14.5. The molecule has 2 aromatic rings. The molecule has 2 unspecified atom stereocenters. The maximum Gasteiger partial charge on any atom is 0.266 e. The van der Waals surface area contributed by atoms with Gasteiger partial charge in [-0.25, -0.2) is 4.99 Å². The predicted molar refractivity (Wildman–Crippen MR) is 156 cm³/mol. The number of amides is 1. The van der Waals surface area contributed by atoms with Gasteiger partial charge in [-0.2, -0.15) is 0 Å². The molecule has 0 bridgehead atoms. The van der Waals surface area contributed by atoms with Crippen molar-refractivity contribution in [2.45, 2.75) is 70.9 Å². The molecule has 5 nitrogen and oxygen atoms in total. The Balaban J connectivity index is 1.50. The van der Waals surface area contributed by atoms with Gasteiger partial charge in [-0.1, -0.05) is 43.6 Å². The Labute approximate surface area is 229 Å². The molecule has 3 heterocycles. The third-order valence-electron chi connectivity index (χ3n) is 7.52. The summed E-state index contributed by atoms with van der Waals surface area (Å²) in [7, 11) is 0. The zero-order valence-corrected chi connectivity index (χ0v) is 23.7. The number of thioether (sulfide) groups is 1. The molecule has 2 fully saturated rings. The zero-order chi connectivity index (χ0) is 26.2. The molecule has 196 valence electrons. The highest BCUT2D eigenvalue weighted by Crippen LogP contribution is 2.46. The summed E-state index contributed by atoms with van der Waals surface area (Å²) in [6.07, 6.45) is 6.14. The number of hydrogen-bond donors (Lipinski definition) is 0. The van der Waals surface area contributed by atoms with Gasteiger partial charge in [0.25, 0.3) is 5.91 Å². The highest BCUT2D eigenvalue weighted by molar-refractivity contribution is 8.18. The second kappa shape index (κ2) is 10.8. The smallest absolute Gasteiger partial charge is 0.266 e. The molecule has 1 amide bonds. The van der Waals surface area contributed by atoms with Crippen LogP contribution in [0.15, 0.2) is 52.4 Å². The van der Waals surface area contributed by atoms with Crippen molar-refractivity contribution in [3.63, 3.8) is 0 Å². The average Bonchev–Trinajstić information content (AvgIpc) is 3.47. The first kappa shape index (κ1) is 26.3. The lowest BCUT2D eigenvalue weighted by atomic mass is 9.79. The standard InChI is InChI=1S/C30H36ClN3O2S/c1-5-13-34-26-17-25(31)21(15-24(26)20(2)18-30(34,3)4)16-27-28(35)33(19-23-12-9-14-36-23)29(37-27)32-22-10-7-6-8-11-22/h6-8,10-11,15-17,20,23H,5,9,12-14,18-19H2,1-4H3/b27-16+,32-29?. The van der Waals surface area contributed by atoms with Gasteiger partial charge in [0.1, 0.15) is 0 Å². The molecule has 5 rings (SSSR count). The van der Waals surface area contributed by atoms with Crippen LogP contribution in [0.2, 0.25) is 5.02 Å². The number of para-hydroxylation sites is 1. The Bertz CT molecular complexity index is 1220. The number of nitrogens with zero attached hydrogens (tertiary/aromatic N) is 3. The van der Waals surface area contributed by atoms with E-state index in [1.54, 1.807) is 4.90 Å². The Hall–Kier alpha value is -2.28. The highest BCUT2D eigenvalue weighted by atomic mass is 35.5. The van der Waals surface area contributed by atoms with Crippen LogP contribution in [0.1, 0.15) is 70.4 Å².